The predicted molar refractivity (Wildman–Crippen MR) is 93.0 cm³/mol. The van der Waals surface area contributed by atoms with Crippen molar-refractivity contribution < 1.29 is 20.4 Å². The van der Waals surface area contributed by atoms with Crippen LogP contribution in [0.5, 0.6) is 5.75 Å². The Bertz CT molecular complexity index is 510. The molecule has 4 heteroatoms. The first-order valence-electron chi connectivity index (χ1n) is 8.10. The highest BCUT2D eigenvalue weighted by atomic mass is 16.3. The van der Waals surface area contributed by atoms with Crippen LogP contribution in [0.15, 0.2) is 42.5 Å². The molecule has 0 aliphatic heterocycles. The second-order valence-corrected chi connectivity index (χ2v) is 5.78. The van der Waals surface area contributed by atoms with Gasteiger partial charge in [-0.1, -0.05) is 49.3 Å². The Hall–Kier alpha value is -1.62. The van der Waals surface area contributed by atoms with Crippen molar-refractivity contribution in [3.05, 3.63) is 48.1 Å². The Kier molecular flexibility index (Phi) is 8.62. The van der Waals surface area contributed by atoms with Gasteiger partial charge in [-0.15, -0.1) is 6.58 Å². The molecule has 0 fully saturated rings. The van der Waals surface area contributed by atoms with E-state index in [0.29, 0.717) is 12.8 Å². The van der Waals surface area contributed by atoms with Gasteiger partial charge >= 0.3 is 0 Å². The molecule has 1 aromatic rings. The maximum atomic E-state index is 10.2. The van der Waals surface area contributed by atoms with Gasteiger partial charge in [-0.3, -0.25) is 0 Å². The minimum absolute atomic E-state index is 0.237. The minimum atomic E-state index is -1.00. The molecule has 0 radical (unpaired) electrons. The summed E-state index contributed by atoms with van der Waals surface area (Å²) in [7, 11) is 0. The van der Waals surface area contributed by atoms with Gasteiger partial charge in [0.1, 0.15) is 5.75 Å². The number of hydrogen-bond donors (Lipinski definition) is 4. The third-order valence-corrected chi connectivity index (χ3v) is 3.98. The molecule has 0 heterocycles. The van der Waals surface area contributed by atoms with E-state index in [2.05, 4.69) is 13.5 Å². The topological polar surface area (TPSA) is 80.9 Å². The lowest BCUT2D eigenvalue weighted by Gasteiger charge is -2.23. The van der Waals surface area contributed by atoms with Crippen LogP contribution in [0.2, 0.25) is 0 Å². The Balaban J connectivity index is 2.77. The van der Waals surface area contributed by atoms with Crippen LogP contribution in [0.1, 0.15) is 38.2 Å². The average molecular weight is 320 g/mol. The molecule has 4 N–H and O–H groups in total. The molecule has 23 heavy (non-hydrogen) atoms. The summed E-state index contributed by atoms with van der Waals surface area (Å²) in [5.41, 5.74) is 1.90. The molecule has 0 unspecified atom stereocenters. The van der Waals surface area contributed by atoms with Crippen molar-refractivity contribution in [1.29, 1.82) is 0 Å². The van der Waals surface area contributed by atoms with Crippen LogP contribution in [0.3, 0.4) is 0 Å². The molecule has 0 aliphatic carbocycles. The van der Waals surface area contributed by atoms with Gasteiger partial charge in [-0.05, 0) is 25.3 Å². The first-order chi connectivity index (χ1) is 11.0. The molecule has 0 amide bonds. The fourth-order valence-electron chi connectivity index (χ4n) is 2.64. The Morgan fingerprint density at radius 1 is 1.17 bits per heavy atom. The molecular weight excluding hydrogens is 292 g/mol. The smallest absolute Gasteiger partial charge is 0.122 e. The van der Waals surface area contributed by atoms with Crippen molar-refractivity contribution >= 4 is 6.08 Å². The van der Waals surface area contributed by atoms with E-state index in [1.807, 2.05) is 18.2 Å². The van der Waals surface area contributed by atoms with Crippen LogP contribution in [-0.2, 0) is 0 Å². The van der Waals surface area contributed by atoms with E-state index < -0.39 is 24.7 Å². The number of aliphatic hydroxyl groups is 3. The van der Waals surface area contributed by atoms with E-state index in [0.717, 1.165) is 24.0 Å². The zero-order valence-corrected chi connectivity index (χ0v) is 13.7. The first kappa shape index (κ1) is 19.4. The highest BCUT2D eigenvalue weighted by Crippen LogP contribution is 2.25. The summed E-state index contributed by atoms with van der Waals surface area (Å²) in [6.07, 6.45) is 4.65. The Morgan fingerprint density at radius 3 is 2.43 bits per heavy atom. The van der Waals surface area contributed by atoms with E-state index in [9.17, 15) is 15.3 Å². The highest BCUT2D eigenvalue weighted by Gasteiger charge is 2.23. The Morgan fingerprint density at radius 2 is 1.87 bits per heavy atom. The number of allylic oxidation sites excluding steroid dienone is 1. The standard InChI is InChI=1S/C19H28O4/c1-3-7-14(12-15-8-5-6-9-17(15)21)10-11-18(22)16(4-2)19(23)13-20/h4-6,8-9,12,16,18-23H,2-3,7,10-11,13H2,1H3/b14-12+/t16-,18-,19-/m1/s1. The number of phenols is 1. The fourth-order valence-corrected chi connectivity index (χ4v) is 2.64. The largest absolute Gasteiger partial charge is 0.507 e. The first-order valence-corrected chi connectivity index (χ1v) is 8.10. The number of benzene rings is 1. The van der Waals surface area contributed by atoms with E-state index in [-0.39, 0.29) is 5.75 Å². The van der Waals surface area contributed by atoms with Crippen molar-refractivity contribution in [2.45, 2.75) is 44.8 Å². The van der Waals surface area contributed by atoms with Gasteiger partial charge in [0.2, 0.25) is 0 Å². The molecule has 1 aromatic carbocycles. The van der Waals surface area contributed by atoms with E-state index in [1.54, 1.807) is 12.1 Å². The second kappa shape index (κ2) is 10.2. The summed E-state index contributed by atoms with van der Waals surface area (Å²) in [5.74, 6) is -0.311. The van der Waals surface area contributed by atoms with Gasteiger partial charge in [0.05, 0.1) is 18.8 Å². The summed E-state index contributed by atoms with van der Waals surface area (Å²) >= 11 is 0. The monoisotopic (exact) mass is 320 g/mol. The Labute approximate surface area is 138 Å². The molecule has 0 saturated heterocycles. The molecule has 0 spiro atoms. The van der Waals surface area contributed by atoms with Gasteiger partial charge in [0.25, 0.3) is 0 Å². The van der Waals surface area contributed by atoms with Gasteiger partial charge in [-0.2, -0.15) is 0 Å². The number of aromatic hydroxyl groups is 1. The number of phenolic OH excluding ortho intramolecular Hbond substituents is 1. The molecule has 3 atom stereocenters. The third kappa shape index (κ3) is 6.18. The van der Waals surface area contributed by atoms with Crippen LogP contribution < -0.4 is 0 Å². The van der Waals surface area contributed by atoms with E-state index in [4.69, 9.17) is 5.11 Å². The maximum absolute atomic E-state index is 10.2. The zero-order chi connectivity index (χ0) is 17.2. The van der Waals surface area contributed by atoms with Crippen molar-refractivity contribution in [2.75, 3.05) is 6.61 Å². The van der Waals surface area contributed by atoms with Crippen molar-refractivity contribution in [3.8, 4) is 5.75 Å². The van der Waals surface area contributed by atoms with Crippen LogP contribution in [-0.4, -0.2) is 39.2 Å². The molecule has 128 valence electrons. The fraction of sp³-hybridized carbons (Fsp3) is 0.474. The molecule has 0 bridgehead atoms. The van der Waals surface area contributed by atoms with Crippen molar-refractivity contribution in [3.63, 3.8) is 0 Å². The molecule has 4 nitrogen and oxygen atoms in total. The summed E-state index contributed by atoms with van der Waals surface area (Å²) < 4.78 is 0. The van der Waals surface area contributed by atoms with E-state index in [1.165, 1.54) is 6.08 Å². The lowest BCUT2D eigenvalue weighted by molar-refractivity contribution is 0.00209. The normalized spacial score (nSPS) is 15.9. The number of hydrogen-bond acceptors (Lipinski definition) is 4. The minimum Gasteiger partial charge on any atom is -0.507 e. The molecule has 0 aliphatic rings. The van der Waals surface area contributed by atoms with Crippen LogP contribution >= 0.6 is 0 Å². The maximum Gasteiger partial charge on any atom is 0.122 e. The van der Waals surface area contributed by atoms with Crippen LogP contribution in [0.25, 0.3) is 6.08 Å². The van der Waals surface area contributed by atoms with Gasteiger partial charge in [0.15, 0.2) is 0 Å². The van der Waals surface area contributed by atoms with Gasteiger partial charge in [-0.25, -0.2) is 0 Å². The average Bonchev–Trinajstić information content (AvgIpc) is 2.55. The summed E-state index contributed by atoms with van der Waals surface area (Å²) in [5, 5.41) is 38.8. The number of aliphatic hydroxyl groups excluding tert-OH is 3. The van der Waals surface area contributed by atoms with Crippen LogP contribution in [0.4, 0.5) is 0 Å². The van der Waals surface area contributed by atoms with Gasteiger partial charge < -0.3 is 20.4 Å². The molecule has 1 rings (SSSR count). The second-order valence-electron chi connectivity index (χ2n) is 5.78. The molecule has 0 aromatic heterocycles. The number of para-hydroxylation sites is 1. The summed E-state index contributed by atoms with van der Waals surface area (Å²) in [6, 6.07) is 7.15. The third-order valence-electron chi connectivity index (χ3n) is 3.98. The lowest BCUT2D eigenvalue weighted by Crippen LogP contribution is -2.32. The molecular formula is C19H28O4. The number of rotatable bonds is 10. The molecule has 0 saturated carbocycles. The SMILES string of the molecule is C=C[C@@H]([C@H](O)CO)[C@H](O)CC/C(=C/c1ccccc1O)CCC. The summed E-state index contributed by atoms with van der Waals surface area (Å²) in [4.78, 5) is 0. The highest BCUT2D eigenvalue weighted by molar-refractivity contribution is 5.59. The van der Waals surface area contributed by atoms with Crippen molar-refractivity contribution in [1.82, 2.24) is 0 Å². The summed E-state index contributed by atoms with van der Waals surface area (Å²) in [6.45, 7) is 5.30. The van der Waals surface area contributed by atoms with Crippen LogP contribution in [0, 0.1) is 5.92 Å². The van der Waals surface area contributed by atoms with Crippen molar-refractivity contribution in [2.24, 2.45) is 5.92 Å². The predicted octanol–water partition coefficient (Wildman–Crippen LogP) is 2.87. The zero-order valence-electron chi connectivity index (χ0n) is 13.7. The lowest BCUT2D eigenvalue weighted by atomic mass is 9.90. The van der Waals surface area contributed by atoms with Gasteiger partial charge in [0, 0.05) is 11.5 Å². The quantitative estimate of drug-likeness (QED) is 0.500. The van der Waals surface area contributed by atoms with E-state index >= 15 is 0 Å².